The van der Waals surface area contributed by atoms with Crippen LogP contribution in [0, 0.1) is 5.92 Å². The quantitative estimate of drug-likeness (QED) is 0.699. The summed E-state index contributed by atoms with van der Waals surface area (Å²) >= 11 is 1.75. The van der Waals surface area contributed by atoms with E-state index in [0.29, 0.717) is 13.1 Å². The van der Waals surface area contributed by atoms with Gasteiger partial charge in [0.15, 0.2) is 0 Å². The molecule has 0 aliphatic carbocycles. The molecule has 2 unspecified atom stereocenters. The number of hydrogen-bond acceptors (Lipinski definition) is 4. The van der Waals surface area contributed by atoms with E-state index >= 15 is 0 Å². The fraction of sp³-hybridized carbons (Fsp3) is 0.833. The van der Waals surface area contributed by atoms with Crippen molar-refractivity contribution in [2.75, 3.05) is 26.0 Å². The lowest BCUT2D eigenvalue weighted by molar-refractivity contribution is -0.145. The second-order valence-electron chi connectivity index (χ2n) is 4.94. The highest BCUT2D eigenvalue weighted by molar-refractivity contribution is 8.01. The van der Waals surface area contributed by atoms with E-state index in [9.17, 15) is 9.59 Å². The van der Waals surface area contributed by atoms with Gasteiger partial charge in [0.25, 0.3) is 0 Å². The largest absolute Gasteiger partial charge is 0.469 e. The number of hydrogen-bond donors (Lipinski definition) is 0. The maximum Gasteiger partial charge on any atom is 0.310 e. The molecule has 17 heavy (non-hydrogen) atoms. The SMILES string of the molecule is COC(=O)C1CCN(C(=O)C2(C)CCCS2)C1. The van der Waals surface area contributed by atoms with Crippen molar-refractivity contribution < 1.29 is 14.3 Å². The maximum atomic E-state index is 12.4. The molecular formula is C12H19NO3S. The van der Waals surface area contributed by atoms with E-state index in [1.165, 1.54) is 7.11 Å². The van der Waals surface area contributed by atoms with E-state index in [1.807, 2.05) is 11.8 Å². The summed E-state index contributed by atoms with van der Waals surface area (Å²) in [4.78, 5) is 25.6. The first-order valence-electron chi connectivity index (χ1n) is 6.08. The first-order valence-corrected chi connectivity index (χ1v) is 7.06. The van der Waals surface area contributed by atoms with E-state index in [0.717, 1.165) is 25.0 Å². The van der Waals surface area contributed by atoms with Crippen molar-refractivity contribution in [3.05, 3.63) is 0 Å². The normalized spacial score (nSPS) is 32.8. The average Bonchev–Trinajstić information content (AvgIpc) is 2.96. The predicted octanol–water partition coefficient (Wildman–Crippen LogP) is 1.29. The second-order valence-corrected chi connectivity index (χ2v) is 6.54. The summed E-state index contributed by atoms with van der Waals surface area (Å²) in [5.74, 6) is 0.950. The molecular weight excluding hydrogens is 238 g/mol. The molecule has 0 N–H and O–H groups in total. The molecule has 2 aliphatic rings. The van der Waals surface area contributed by atoms with Crippen LogP contribution >= 0.6 is 11.8 Å². The summed E-state index contributed by atoms with van der Waals surface area (Å²) < 4.78 is 4.47. The molecule has 5 heteroatoms. The average molecular weight is 257 g/mol. The van der Waals surface area contributed by atoms with Gasteiger partial charge in [0, 0.05) is 13.1 Å². The number of nitrogens with zero attached hydrogens (tertiary/aromatic N) is 1. The Labute approximate surface area is 106 Å². The molecule has 0 bridgehead atoms. The van der Waals surface area contributed by atoms with Crippen LogP contribution in [0.5, 0.6) is 0 Å². The third kappa shape index (κ3) is 2.44. The number of ether oxygens (including phenoxy) is 1. The number of rotatable bonds is 2. The highest BCUT2D eigenvalue weighted by atomic mass is 32.2. The number of amides is 1. The number of likely N-dealkylation sites (tertiary alicyclic amines) is 1. The van der Waals surface area contributed by atoms with Gasteiger partial charge in [-0.05, 0) is 31.9 Å². The summed E-state index contributed by atoms with van der Waals surface area (Å²) in [5, 5.41) is 0. The highest BCUT2D eigenvalue weighted by Gasteiger charge is 2.43. The van der Waals surface area contributed by atoms with Crippen molar-refractivity contribution in [2.45, 2.75) is 30.9 Å². The molecule has 2 saturated heterocycles. The lowest BCUT2D eigenvalue weighted by Crippen LogP contribution is -2.42. The van der Waals surface area contributed by atoms with Gasteiger partial charge in [0.2, 0.25) is 5.91 Å². The van der Waals surface area contributed by atoms with Gasteiger partial charge in [-0.3, -0.25) is 9.59 Å². The summed E-state index contributed by atoms with van der Waals surface area (Å²) in [6, 6.07) is 0. The van der Waals surface area contributed by atoms with Gasteiger partial charge in [-0.15, -0.1) is 11.8 Å². The van der Waals surface area contributed by atoms with Gasteiger partial charge < -0.3 is 9.64 Å². The van der Waals surface area contributed by atoms with E-state index < -0.39 is 0 Å². The Hall–Kier alpha value is -0.710. The molecule has 0 spiro atoms. The topological polar surface area (TPSA) is 46.6 Å². The third-order valence-electron chi connectivity index (χ3n) is 3.68. The minimum Gasteiger partial charge on any atom is -0.469 e. The van der Waals surface area contributed by atoms with Crippen molar-refractivity contribution in [1.29, 1.82) is 0 Å². The molecule has 0 saturated carbocycles. The molecule has 2 atom stereocenters. The standard InChI is InChI=1S/C12H19NO3S/c1-12(5-3-7-17-12)11(15)13-6-4-9(8-13)10(14)16-2/h9H,3-8H2,1-2H3. The molecule has 2 aliphatic heterocycles. The fourth-order valence-electron chi connectivity index (χ4n) is 2.59. The molecule has 2 rings (SSSR count). The zero-order chi connectivity index (χ0) is 12.5. The lowest BCUT2D eigenvalue weighted by Gasteiger charge is -2.27. The minimum absolute atomic E-state index is 0.126. The first kappa shape index (κ1) is 12.7. The molecule has 0 aromatic heterocycles. The molecule has 4 nitrogen and oxygen atoms in total. The molecule has 0 radical (unpaired) electrons. The van der Waals surface area contributed by atoms with Crippen LogP contribution in [-0.4, -0.2) is 47.5 Å². The summed E-state index contributed by atoms with van der Waals surface area (Å²) in [7, 11) is 1.40. The van der Waals surface area contributed by atoms with Crippen LogP contribution in [0.15, 0.2) is 0 Å². The molecule has 0 aromatic carbocycles. The van der Waals surface area contributed by atoms with Gasteiger partial charge >= 0.3 is 5.97 Å². The number of carbonyl (C=O) groups is 2. The van der Waals surface area contributed by atoms with E-state index in [-0.39, 0.29) is 22.5 Å². The third-order valence-corrected chi connectivity index (χ3v) is 5.19. The number of thioether (sulfide) groups is 1. The molecule has 96 valence electrons. The van der Waals surface area contributed by atoms with Gasteiger partial charge in [-0.25, -0.2) is 0 Å². The summed E-state index contributed by atoms with van der Waals surface area (Å²) in [6.45, 7) is 3.24. The maximum absolute atomic E-state index is 12.4. The Balaban J connectivity index is 1.96. The Morgan fingerprint density at radius 1 is 1.47 bits per heavy atom. The van der Waals surface area contributed by atoms with E-state index in [1.54, 1.807) is 11.8 Å². The predicted molar refractivity (Wildman–Crippen MR) is 66.8 cm³/mol. The molecule has 2 heterocycles. The fourth-order valence-corrected chi connectivity index (χ4v) is 3.87. The van der Waals surface area contributed by atoms with Crippen LogP contribution in [0.3, 0.4) is 0 Å². The van der Waals surface area contributed by atoms with Crippen molar-refractivity contribution in [1.82, 2.24) is 4.90 Å². The van der Waals surface area contributed by atoms with Crippen LogP contribution in [0.4, 0.5) is 0 Å². The molecule has 1 amide bonds. The van der Waals surface area contributed by atoms with Gasteiger partial charge in [0.05, 0.1) is 17.8 Å². The van der Waals surface area contributed by atoms with Crippen LogP contribution < -0.4 is 0 Å². The van der Waals surface area contributed by atoms with Crippen LogP contribution in [-0.2, 0) is 14.3 Å². The van der Waals surface area contributed by atoms with E-state index in [2.05, 4.69) is 0 Å². The zero-order valence-electron chi connectivity index (χ0n) is 10.4. The minimum atomic E-state index is -0.259. The monoisotopic (exact) mass is 257 g/mol. The number of carbonyl (C=O) groups excluding carboxylic acids is 2. The Morgan fingerprint density at radius 2 is 2.24 bits per heavy atom. The van der Waals surface area contributed by atoms with E-state index in [4.69, 9.17) is 4.74 Å². The van der Waals surface area contributed by atoms with Gasteiger partial charge in [0.1, 0.15) is 0 Å². The van der Waals surface area contributed by atoms with Crippen LogP contribution in [0.25, 0.3) is 0 Å². The van der Waals surface area contributed by atoms with Crippen LogP contribution in [0.1, 0.15) is 26.2 Å². The molecule has 2 fully saturated rings. The first-order chi connectivity index (χ1) is 8.07. The van der Waals surface area contributed by atoms with Gasteiger partial charge in [-0.2, -0.15) is 0 Å². The second kappa shape index (κ2) is 4.88. The number of esters is 1. The Morgan fingerprint density at radius 3 is 2.82 bits per heavy atom. The van der Waals surface area contributed by atoms with Crippen molar-refractivity contribution in [3.63, 3.8) is 0 Å². The Bertz CT molecular complexity index is 326. The molecule has 0 aromatic rings. The lowest BCUT2D eigenvalue weighted by atomic mass is 10.0. The van der Waals surface area contributed by atoms with Crippen molar-refractivity contribution >= 4 is 23.6 Å². The summed E-state index contributed by atoms with van der Waals surface area (Å²) in [6.07, 6.45) is 2.80. The zero-order valence-corrected chi connectivity index (χ0v) is 11.2. The van der Waals surface area contributed by atoms with Crippen molar-refractivity contribution in [3.8, 4) is 0 Å². The van der Waals surface area contributed by atoms with Gasteiger partial charge in [-0.1, -0.05) is 0 Å². The summed E-state index contributed by atoms with van der Waals surface area (Å²) in [5.41, 5.74) is 0. The van der Waals surface area contributed by atoms with Crippen molar-refractivity contribution in [2.24, 2.45) is 5.92 Å². The smallest absolute Gasteiger partial charge is 0.310 e. The number of methoxy groups -OCH3 is 1. The highest BCUT2D eigenvalue weighted by Crippen LogP contribution is 2.40. The Kier molecular flexibility index (Phi) is 3.66. The van der Waals surface area contributed by atoms with Crippen LogP contribution in [0.2, 0.25) is 0 Å².